The number of nitrogens with zero attached hydrogens (tertiary/aromatic N) is 2. The number of hydrogen-bond acceptors (Lipinski definition) is 5. The summed E-state index contributed by atoms with van der Waals surface area (Å²) >= 11 is 0. The first-order chi connectivity index (χ1) is 15.0. The second kappa shape index (κ2) is 11.6. The molecule has 1 atom stereocenters. The van der Waals surface area contributed by atoms with Crippen LogP contribution in [0.5, 0.6) is 5.75 Å². The van der Waals surface area contributed by atoms with E-state index in [0.29, 0.717) is 18.0 Å². The lowest BCUT2D eigenvalue weighted by atomic mass is 10.1. The highest BCUT2D eigenvalue weighted by molar-refractivity contribution is 5.87. The molecule has 31 heavy (non-hydrogen) atoms. The molecule has 0 bridgehead atoms. The Morgan fingerprint density at radius 1 is 1.10 bits per heavy atom. The van der Waals surface area contributed by atoms with Crippen LogP contribution in [0.1, 0.15) is 25.3 Å². The van der Waals surface area contributed by atoms with Crippen molar-refractivity contribution in [3.05, 3.63) is 54.1 Å². The molecule has 0 radical (unpaired) electrons. The minimum Gasteiger partial charge on any atom is -0.491 e. The molecule has 2 amide bonds. The number of β-amino-alcohol motifs (C(OH)–C–C–N with tert-alkyl or cyclic N) is 1. The van der Waals surface area contributed by atoms with Gasteiger partial charge in [0.05, 0.1) is 0 Å². The number of hydrogen-bond donors (Lipinski definition) is 3. The van der Waals surface area contributed by atoms with Crippen LogP contribution in [0.3, 0.4) is 0 Å². The number of benzene rings is 2. The van der Waals surface area contributed by atoms with Gasteiger partial charge in [0.1, 0.15) is 18.5 Å². The van der Waals surface area contributed by atoms with Crippen LogP contribution in [0.2, 0.25) is 0 Å². The second-order valence-electron chi connectivity index (χ2n) is 8.04. The third-order valence-electron chi connectivity index (χ3n) is 5.53. The maximum absolute atomic E-state index is 10.8. The summed E-state index contributed by atoms with van der Waals surface area (Å²) in [5, 5.41) is 12.9. The Balaban J connectivity index is 1.37. The minimum absolute atomic E-state index is 0.224. The largest absolute Gasteiger partial charge is 0.491 e. The highest BCUT2D eigenvalue weighted by atomic mass is 16.5. The maximum Gasteiger partial charge on any atom is 0.316 e. The molecule has 1 aliphatic rings. The number of aliphatic hydroxyl groups excluding tert-OH is 1. The molecule has 4 N–H and O–H groups in total. The van der Waals surface area contributed by atoms with Gasteiger partial charge in [0.2, 0.25) is 0 Å². The molecule has 0 spiro atoms. The van der Waals surface area contributed by atoms with Crippen LogP contribution in [-0.2, 0) is 6.42 Å². The first kappa shape index (κ1) is 22.9. The Kier molecular flexibility index (Phi) is 8.55. The van der Waals surface area contributed by atoms with Crippen LogP contribution < -0.4 is 20.7 Å². The van der Waals surface area contributed by atoms with Gasteiger partial charge in [-0.25, -0.2) is 4.79 Å². The molecule has 1 fully saturated rings. The van der Waals surface area contributed by atoms with E-state index in [1.54, 1.807) is 24.3 Å². The molecule has 2 aromatic rings. The first-order valence-electron chi connectivity index (χ1n) is 11.1. The lowest BCUT2D eigenvalue weighted by molar-refractivity contribution is 0.0663. The fourth-order valence-corrected chi connectivity index (χ4v) is 3.76. The highest BCUT2D eigenvalue weighted by Crippen LogP contribution is 2.19. The van der Waals surface area contributed by atoms with Crippen LogP contribution >= 0.6 is 0 Å². The zero-order valence-electron chi connectivity index (χ0n) is 18.3. The zero-order chi connectivity index (χ0) is 22.1. The van der Waals surface area contributed by atoms with Gasteiger partial charge in [-0.3, -0.25) is 4.90 Å². The molecule has 0 aromatic heterocycles. The van der Waals surface area contributed by atoms with Crippen molar-refractivity contribution in [3.63, 3.8) is 0 Å². The number of aryl methyl sites for hydroxylation is 1. The molecule has 3 rings (SSSR count). The van der Waals surface area contributed by atoms with Gasteiger partial charge in [-0.15, -0.1) is 0 Å². The summed E-state index contributed by atoms with van der Waals surface area (Å²) in [4.78, 5) is 15.5. The third-order valence-corrected chi connectivity index (χ3v) is 5.53. The van der Waals surface area contributed by atoms with Crippen molar-refractivity contribution < 1.29 is 14.6 Å². The van der Waals surface area contributed by atoms with E-state index in [1.807, 2.05) is 0 Å². The highest BCUT2D eigenvalue weighted by Gasteiger charge is 2.20. The van der Waals surface area contributed by atoms with E-state index in [1.165, 1.54) is 24.1 Å². The van der Waals surface area contributed by atoms with Gasteiger partial charge in [0, 0.05) is 44.1 Å². The Morgan fingerprint density at radius 2 is 1.77 bits per heavy atom. The van der Waals surface area contributed by atoms with Gasteiger partial charge >= 0.3 is 6.03 Å². The van der Waals surface area contributed by atoms with Crippen molar-refractivity contribution in [3.8, 4) is 5.75 Å². The van der Waals surface area contributed by atoms with Crippen LogP contribution in [0.25, 0.3) is 0 Å². The van der Waals surface area contributed by atoms with Gasteiger partial charge in [-0.1, -0.05) is 25.5 Å². The molecule has 7 nitrogen and oxygen atoms in total. The SMILES string of the molecule is CCCCc1ccc(N2CCN(C[C@H](O)COc3ccc(NC(N)=O)cc3)CC2)cc1. The predicted molar refractivity (Wildman–Crippen MR) is 125 cm³/mol. The number of primary amides is 1. The molecular weight excluding hydrogens is 392 g/mol. The Bertz CT molecular complexity index is 803. The summed E-state index contributed by atoms with van der Waals surface area (Å²) < 4.78 is 5.67. The number of carbonyl (C=O) groups excluding carboxylic acids is 1. The number of nitrogens with two attached hydrogens (primary N) is 1. The molecule has 1 heterocycles. The number of aliphatic hydroxyl groups is 1. The van der Waals surface area contributed by atoms with Gasteiger partial charge in [0.15, 0.2) is 0 Å². The average molecular weight is 427 g/mol. The van der Waals surface area contributed by atoms with Gasteiger partial charge in [-0.05, 0) is 54.8 Å². The van der Waals surface area contributed by atoms with Crippen molar-refractivity contribution in [2.75, 3.05) is 49.5 Å². The number of amides is 2. The number of ether oxygens (including phenoxy) is 1. The predicted octanol–water partition coefficient (Wildman–Crippen LogP) is 3.08. The van der Waals surface area contributed by atoms with E-state index in [9.17, 15) is 9.90 Å². The van der Waals surface area contributed by atoms with Crippen LogP contribution in [-0.4, -0.2) is 61.5 Å². The molecule has 7 heteroatoms. The molecule has 2 aromatic carbocycles. The number of nitrogens with one attached hydrogen (secondary N) is 1. The molecule has 0 unspecified atom stereocenters. The topological polar surface area (TPSA) is 91.1 Å². The monoisotopic (exact) mass is 426 g/mol. The lowest BCUT2D eigenvalue weighted by Crippen LogP contribution is -2.49. The van der Waals surface area contributed by atoms with Crippen molar-refractivity contribution in [1.29, 1.82) is 0 Å². The lowest BCUT2D eigenvalue weighted by Gasteiger charge is -2.37. The number of urea groups is 1. The molecule has 0 saturated carbocycles. The van der Waals surface area contributed by atoms with Crippen LogP contribution in [0.4, 0.5) is 16.2 Å². The Hall–Kier alpha value is -2.77. The standard InChI is InChI=1S/C24H34N4O3/c1-2-3-4-19-5-9-21(10-6-19)28-15-13-27(14-16-28)17-22(29)18-31-23-11-7-20(8-12-23)26-24(25)30/h5-12,22,29H,2-4,13-18H2,1H3,(H3,25,26,30)/t22-/m0/s1. The van der Waals surface area contributed by atoms with E-state index < -0.39 is 12.1 Å². The van der Waals surface area contributed by atoms with E-state index in [4.69, 9.17) is 10.5 Å². The van der Waals surface area contributed by atoms with E-state index >= 15 is 0 Å². The summed E-state index contributed by atoms with van der Waals surface area (Å²) in [6, 6.07) is 15.2. The summed E-state index contributed by atoms with van der Waals surface area (Å²) in [5.41, 5.74) is 8.38. The normalized spacial score (nSPS) is 15.5. The maximum atomic E-state index is 10.8. The summed E-state index contributed by atoms with van der Waals surface area (Å²) in [7, 11) is 0. The van der Waals surface area contributed by atoms with Gasteiger partial charge < -0.3 is 25.8 Å². The third kappa shape index (κ3) is 7.45. The molecule has 0 aliphatic carbocycles. The zero-order valence-corrected chi connectivity index (χ0v) is 18.3. The van der Waals surface area contributed by atoms with E-state index in [-0.39, 0.29) is 6.61 Å². The summed E-state index contributed by atoms with van der Waals surface area (Å²) in [6.07, 6.45) is 3.05. The molecule has 1 saturated heterocycles. The van der Waals surface area contributed by atoms with Gasteiger partial charge in [0.25, 0.3) is 0 Å². The number of anilines is 2. The average Bonchev–Trinajstić information content (AvgIpc) is 2.78. The smallest absolute Gasteiger partial charge is 0.316 e. The molecule has 1 aliphatic heterocycles. The second-order valence-corrected chi connectivity index (χ2v) is 8.04. The van der Waals surface area contributed by atoms with Crippen molar-refractivity contribution in [2.45, 2.75) is 32.3 Å². The van der Waals surface area contributed by atoms with E-state index in [2.05, 4.69) is 46.3 Å². The minimum atomic E-state index is -0.604. The number of unbranched alkanes of at least 4 members (excludes halogenated alkanes) is 1. The number of rotatable bonds is 10. The number of carbonyl (C=O) groups is 1. The molecular formula is C24H34N4O3. The van der Waals surface area contributed by atoms with Crippen molar-refractivity contribution >= 4 is 17.4 Å². The summed E-state index contributed by atoms with van der Waals surface area (Å²) in [5.74, 6) is 0.640. The quantitative estimate of drug-likeness (QED) is 0.543. The Labute approximate surface area is 184 Å². The number of piperazine rings is 1. The van der Waals surface area contributed by atoms with Crippen molar-refractivity contribution in [1.82, 2.24) is 4.90 Å². The first-order valence-corrected chi connectivity index (χ1v) is 11.1. The van der Waals surface area contributed by atoms with Crippen LogP contribution in [0.15, 0.2) is 48.5 Å². The Morgan fingerprint density at radius 3 is 2.39 bits per heavy atom. The summed E-state index contributed by atoms with van der Waals surface area (Å²) in [6.45, 7) is 6.78. The fraction of sp³-hybridized carbons (Fsp3) is 0.458. The van der Waals surface area contributed by atoms with Crippen LogP contribution in [0, 0.1) is 0 Å². The van der Waals surface area contributed by atoms with Crippen molar-refractivity contribution in [2.24, 2.45) is 5.73 Å². The van der Waals surface area contributed by atoms with Gasteiger partial charge in [-0.2, -0.15) is 0 Å². The fourth-order valence-electron chi connectivity index (χ4n) is 3.76. The molecule has 168 valence electrons. The van der Waals surface area contributed by atoms with E-state index in [0.717, 1.165) is 32.6 Å².